The van der Waals surface area contributed by atoms with E-state index in [1.54, 1.807) is 12.1 Å². The van der Waals surface area contributed by atoms with Gasteiger partial charge in [0.05, 0.1) is 0 Å². The van der Waals surface area contributed by atoms with Crippen LogP contribution in [0, 0.1) is 0 Å². The molecule has 0 aliphatic carbocycles. The first-order chi connectivity index (χ1) is 9.20. The van der Waals surface area contributed by atoms with Gasteiger partial charge in [-0.15, -0.1) is 0 Å². The molecule has 0 saturated heterocycles. The number of benzene rings is 2. The van der Waals surface area contributed by atoms with E-state index >= 15 is 0 Å². The molecular formula is C16H19NO2. The maximum absolute atomic E-state index is 9.46. The Morgan fingerprint density at radius 1 is 1.00 bits per heavy atom. The summed E-state index contributed by atoms with van der Waals surface area (Å²) in [5, 5.41) is 22.2. The summed E-state index contributed by atoms with van der Waals surface area (Å²) in [5.74, 6) is -0.161. The van der Waals surface area contributed by atoms with Crippen LogP contribution >= 0.6 is 0 Å². The van der Waals surface area contributed by atoms with Gasteiger partial charge in [-0.05, 0) is 29.7 Å². The summed E-state index contributed by atoms with van der Waals surface area (Å²) in [5.41, 5.74) is 2.21. The minimum atomic E-state index is -0.0844. The van der Waals surface area contributed by atoms with E-state index in [2.05, 4.69) is 24.4 Å². The zero-order valence-corrected chi connectivity index (χ0v) is 11.0. The molecule has 2 aromatic carbocycles. The SMILES string of the molecule is CCC(NCc1ccc(O)c(O)c1)c1ccccc1. The van der Waals surface area contributed by atoms with Crippen LogP contribution in [0.4, 0.5) is 0 Å². The summed E-state index contributed by atoms with van der Waals surface area (Å²) in [4.78, 5) is 0. The van der Waals surface area contributed by atoms with E-state index in [9.17, 15) is 10.2 Å². The summed E-state index contributed by atoms with van der Waals surface area (Å²) in [6.45, 7) is 2.79. The van der Waals surface area contributed by atoms with Gasteiger partial charge in [0.2, 0.25) is 0 Å². The van der Waals surface area contributed by atoms with E-state index in [-0.39, 0.29) is 17.5 Å². The second-order valence-corrected chi connectivity index (χ2v) is 4.58. The molecule has 2 aromatic rings. The predicted molar refractivity (Wildman–Crippen MR) is 76.1 cm³/mol. The van der Waals surface area contributed by atoms with Gasteiger partial charge in [-0.3, -0.25) is 0 Å². The molecule has 0 spiro atoms. The fourth-order valence-corrected chi connectivity index (χ4v) is 2.10. The number of hydrogen-bond acceptors (Lipinski definition) is 3. The molecule has 0 heterocycles. The van der Waals surface area contributed by atoms with E-state index in [4.69, 9.17) is 0 Å². The smallest absolute Gasteiger partial charge is 0.157 e. The predicted octanol–water partition coefficient (Wildman–Crippen LogP) is 3.34. The third-order valence-corrected chi connectivity index (χ3v) is 3.20. The quantitative estimate of drug-likeness (QED) is 0.720. The third-order valence-electron chi connectivity index (χ3n) is 3.20. The van der Waals surface area contributed by atoms with Crippen LogP contribution in [-0.2, 0) is 6.54 Å². The minimum Gasteiger partial charge on any atom is -0.504 e. The van der Waals surface area contributed by atoms with Crippen molar-refractivity contribution in [1.82, 2.24) is 5.32 Å². The molecule has 3 heteroatoms. The van der Waals surface area contributed by atoms with Gasteiger partial charge in [-0.25, -0.2) is 0 Å². The highest BCUT2D eigenvalue weighted by Gasteiger charge is 2.08. The maximum atomic E-state index is 9.46. The van der Waals surface area contributed by atoms with Crippen LogP contribution in [0.3, 0.4) is 0 Å². The highest BCUT2D eigenvalue weighted by molar-refractivity contribution is 5.40. The van der Waals surface area contributed by atoms with Crippen LogP contribution in [-0.4, -0.2) is 10.2 Å². The van der Waals surface area contributed by atoms with Gasteiger partial charge in [0, 0.05) is 12.6 Å². The molecule has 0 bridgehead atoms. The molecule has 1 unspecified atom stereocenters. The molecule has 0 fully saturated rings. The Morgan fingerprint density at radius 3 is 2.37 bits per heavy atom. The Bertz CT molecular complexity index is 526. The van der Waals surface area contributed by atoms with Crippen molar-refractivity contribution in [2.75, 3.05) is 0 Å². The number of hydrogen-bond donors (Lipinski definition) is 3. The van der Waals surface area contributed by atoms with Gasteiger partial charge < -0.3 is 15.5 Å². The van der Waals surface area contributed by atoms with Crippen molar-refractivity contribution in [3.05, 3.63) is 59.7 Å². The Kier molecular flexibility index (Phi) is 4.42. The van der Waals surface area contributed by atoms with E-state index < -0.39 is 0 Å². The molecule has 3 nitrogen and oxygen atoms in total. The van der Waals surface area contributed by atoms with Crippen LogP contribution < -0.4 is 5.32 Å². The fourth-order valence-electron chi connectivity index (χ4n) is 2.10. The normalized spacial score (nSPS) is 12.3. The van der Waals surface area contributed by atoms with E-state index in [1.807, 2.05) is 18.2 Å². The monoisotopic (exact) mass is 257 g/mol. The molecule has 0 saturated carbocycles. The molecule has 0 amide bonds. The fraction of sp³-hybridized carbons (Fsp3) is 0.250. The Morgan fingerprint density at radius 2 is 1.74 bits per heavy atom. The Hall–Kier alpha value is -2.00. The highest BCUT2D eigenvalue weighted by atomic mass is 16.3. The Labute approximate surface area is 113 Å². The second-order valence-electron chi connectivity index (χ2n) is 4.58. The zero-order valence-electron chi connectivity index (χ0n) is 11.0. The number of nitrogens with one attached hydrogen (secondary N) is 1. The molecular weight excluding hydrogens is 238 g/mol. The van der Waals surface area contributed by atoms with Gasteiger partial charge in [-0.2, -0.15) is 0 Å². The van der Waals surface area contributed by atoms with Crippen molar-refractivity contribution in [1.29, 1.82) is 0 Å². The van der Waals surface area contributed by atoms with Crippen molar-refractivity contribution in [3.8, 4) is 11.5 Å². The van der Waals surface area contributed by atoms with Crippen molar-refractivity contribution in [2.45, 2.75) is 25.9 Å². The lowest BCUT2D eigenvalue weighted by atomic mass is 10.0. The first-order valence-corrected chi connectivity index (χ1v) is 6.50. The van der Waals surface area contributed by atoms with Crippen LogP contribution in [0.1, 0.15) is 30.5 Å². The Balaban J connectivity index is 2.02. The number of phenolic OH excluding ortho intramolecular Hbond substituents is 2. The number of aromatic hydroxyl groups is 2. The van der Waals surface area contributed by atoms with Gasteiger partial charge in [0.1, 0.15) is 0 Å². The molecule has 3 N–H and O–H groups in total. The van der Waals surface area contributed by atoms with E-state index in [0.717, 1.165) is 12.0 Å². The van der Waals surface area contributed by atoms with Crippen molar-refractivity contribution >= 4 is 0 Å². The second kappa shape index (κ2) is 6.25. The van der Waals surface area contributed by atoms with Crippen LogP contribution in [0.25, 0.3) is 0 Å². The first-order valence-electron chi connectivity index (χ1n) is 6.50. The molecule has 2 rings (SSSR count). The number of phenols is 2. The number of rotatable bonds is 5. The van der Waals surface area contributed by atoms with Crippen LogP contribution in [0.15, 0.2) is 48.5 Å². The summed E-state index contributed by atoms with van der Waals surface area (Å²) in [6, 6.07) is 15.5. The molecule has 0 aromatic heterocycles. The van der Waals surface area contributed by atoms with Gasteiger partial charge in [0.15, 0.2) is 11.5 Å². The van der Waals surface area contributed by atoms with Crippen LogP contribution in [0.2, 0.25) is 0 Å². The average molecular weight is 257 g/mol. The molecule has 0 aliphatic heterocycles. The van der Waals surface area contributed by atoms with E-state index in [0.29, 0.717) is 6.54 Å². The van der Waals surface area contributed by atoms with Crippen molar-refractivity contribution in [2.24, 2.45) is 0 Å². The summed E-state index contributed by atoms with van der Waals surface area (Å²) in [6.07, 6.45) is 0.994. The largest absolute Gasteiger partial charge is 0.504 e. The van der Waals surface area contributed by atoms with E-state index in [1.165, 1.54) is 11.6 Å². The topological polar surface area (TPSA) is 52.5 Å². The van der Waals surface area contributed by atoms with Crippen molar-refractivity contribution < 1.29 is 10.2 Å². The molecule has 19 heavy (non-hydrogen) atoms. The van der Waals surface area contributed by atoms with Crippen LogP contribution in [0.5, 0.6) is 11.5 Å². The zero-order chi connectivity index (χ0) is 13.7. The lowest BCUT2D eigenvalue weighted by Gasteiger charge is -2.17. The summed E-state index contributed by atoms with van der Waals surface area (Å²) in [7, 11) is 0. The molecule has 1 atom stereocenters. The third kappa shape index (κ3) is 3.48. The summed E-state index contributed by atoms with van der Waals surface area (Å²) < 4.78 is 0. The standard InChI is InChI=1S/C16H19NO2/c1-2-14(13-6-4-3-5-7-13)17-11-12-8-9-15(18)16(19)10-12/h3-10,14,17-19H,2,11H2,1H3. The first kappa shape index (κ1) is 13.4. The summed E-state index contributed by atoms with van der Waals surface area (Å²) >= 11 is 0. The minimum absolute atomic E-state index is 0.0768. The van der Waals surface area contributed by atoms with Gasteiger partial charge in [-0.1, -0.05) is 43.3 Å². The van der Waals surface area contributed by atoms with Gasteiger partial charge in [0.25, 0.3) is 0 Å². The lowest BCUT2D eigenvalue weighted by Crippen LogP contribution is -2.20. The van der Waals surface area contributed by atoms with Crippen molar-refractivity contribution in [3.63, 3.8) is 0 Å². The van der Waals surface area contributed by atoms with Gasteiger partial charge >= 0.3 is 0 Å². The maximum Gasteiger partial charge on any atom is 0.157 e. The molecule has 0 aliphatic rings. The highest BCUT2D eigenvalue weighted by Crippen LogP contribution is 2.25. The average Bonchev–Trinajstić information content (AvgIpc) is 2.44. The molecule has 100 valence electrons. The lowest BCUT2D eigenvalue weighted by molar-refractivity contribution is 0.402. The molecule has 0 radical (unpaired) electrons.